The monoisotopic (exact) mass is 317 g/mol. The third-order valence-corrected chi connectivity index (χ3v) is 4.05. The third kappa shape index (κ3) is 3.13. The van der Waals surface area contributed by atoms with Crippen LogP contribution in [-0.2, 0) is 10.0 Å². The van der Waals surface area contributed by atoms with Crippen LogP contribution in [0.4, 0.5) is 4.39 Å². The highest BCUT2D eigenvalue weighted by atomic mass is 32.2. The summed E-state index contributed by atoms with van der Waals surface area (Å²) in [6.45, 7) is 0. The standard InChI is InChI=1S/C11H8FNO5S2/c12-8-4-7(20(13,16)17)1-2-9(8)18-6-3-10(11(14)15)19-5-6/h1-5H,(H,14,15)(H2,13,16,17). The molecule has 20 heavy (non-hydrogen) atoms. The molecule has 0 aliphatic rings. The van der Waals surface area contributed by atoms with Gasteiger partial charge in [0.2, 0.25) is 10.0 Å². The van der Waals surface area contributed by atoms with E-state index < -0.39 is 21.8 Å². The first-order chi connectivity index (χ1) is 9.27. The highest BCUT2D eigenvalue weighted by Crippen LogP contribution is 2.29. The highest BCUT2D eigenvalue weighted by Gasteiger charge is 2.14. The lowest BCUT2D eigenvalue weighted by Gasteiger charge is -2.05. The van der Waals surface area contributed by atoms with Crippen LogP contribution < -0.4 is 9.88 Å². The van der Waals surface area contributed by atoms with E-state index in [9.17, 15) is 17.6 Å². The fourth-order valence-electron chi connectivity index (χ4n) is 1.35. The molecule has 0 aliphatic carbocycles. The summed E-state index contributed by atoms with van der Waals surface area (Å²) in [6, 6.07) is 4.17. The van der Waals surface area contributed by atoms with Crippen molar-refractivity contribution in [2.24, 2.45) is 5.14 Å². The number of carboxylic acids is 1. The molecule has 6 nitrogen and oxygen atoms in total. The van der Waals surface area contributed by atoms with Crippen molar-refractivity contribution >= 4 is 27.3 Å². The largest absolute Gasteiger partial charge is 0.477 e. The number of aromatic carboxylic acids is 1. The lowest BCUT2D eigenvalue weighted by atomic mass is 10.3. The molecule has 0 unspecified atom stereocenters. The molecule has 0 saturated carbocycles. The van der Waals surface area contributed by atoms with E-state index in [4.69, 9.17) is 15.0 Å². The third-order valence-electron chi connectivity index (χ3n) is 2.25. The molecule has 0 bridgehead atoms. The minimum absolute atomic E-state index is 0.0431. The maximum Gasteiger partial charge on any atom is 0.346 e. The Balaban J connectivity index is 2.28. The summed E-state index contributed by atoms with van der Waals surface area (Å²) in [5.41, 5.74) is 0. The normalized spacial score (nSPS) is 11.3. The summed E-state index contributed by atoms with van der Waals surface area (Å²) >= 11 is 0.927. The van der Waals surface area contributed by atoms with Crippen molar-refractivity contribution < 1.29 is 27.4 Å². The van der Waals surface area contributed by atoms with Gasteiger partial charge in [0.25, 0.3) is 0 Å². The number of hydrogen-bond donors (Lipinski definition) is 2. The molecular formula is C11H8FNO5S2. The van der Waals surface area contributed by atoms with Crippen LogP contribution in [0.5, 0.6) is 11.5 Å². The minimum atomic E-state index is -3.99. The van der Waals surface area contributed by atoms with Crippen molar-refractivity contribution in [3.05, 3.63) is 40.3 Å². The molecule has 1 heterocycles. The maximum absolute atomic E-state index is 13.7. The van der Waals surface area contributed by atoms with Gasteiger partial charge in [0.05, 0.1) is 4.90 Å². The molecule has 0 spiro atoms. The summed E-state index contributed by atoms with van der Waals surface area (Å²) in [7, 11) is -3.99. The molecule has 0 fully saturated rings. The fourth-order valence-corrected chi connectivity index (χ4v) is 2.52. The van der Waals surface area contributed by atoms with Crippen molar-refractivity contribution in [1.29, 1.82) is 0 Å². The second-order valence-electron chi connectivity index (χ2n) is 3.69. The maximum atomic E-state index is 13.7. The zero-order chi connectivity index (χ0) is 14.9. The quantitative estimate of drug-likeness (QED) is 0.897. The van der Waals surface area contributed by atoms with Gasteiger partial charge in [0, 0.05) is 11.4 Å². The van der Waals surface area contributed by atoms with Gasteiger partial charge in [-0.2, -0.15) is 0 Å². The average Bonchev–Trinajstić information content (AvgIpc) is 2.79. The van der Waals surface area contributed by atoms with Gasteiger partial charge in [-0.25, -0.2) is 22.7 Å². The molecule has 1 aromatic heterocycles. The van der Waals surface area contributed by atoms with Crippen LogP contribution in [-0.4, -0.2) is 19.5 Å². The van der Waals surface area contributed by atoms with Crippen molar-refractivity contribution in [1.82, 2.24) is 0 Å². The Kier molecular flexibility index (Phi) is 3.75. The van der Waals surface area contributed by atoms with Gasteiger partial charge in [0.1, 0.15) is 10.6 Å². The Hall–Kier alpha value is -1.97. The molecule has 3 N–H and O–H groups in total. The first kappa shape index (κ1) is 14.4. The smallest absolute Gasteiger partial charge is 0.346 e. The van der Waals surface area contributed by atoms with E-state index >= 15 is 0 Å². The number of hydrogen-bond acceptors (Lipinski definition) is 5. The van der Waals surface area contributed by atoms with Crippen LogP contribution in [0.15, 0.2) is 34.5 Å². The Morgan fingerprint density at radius 3 is 2.55 bits per heavy atom. The van der Waals surface area contributed by atoms with E-state index in [-0.39, 0.29) is 21.3 Å². The molecule has 0 amide bonds. The van der Waals surface area contributed by atoms with Gasteiger partial charge in [-0.1, -0.05) is 0 Å². The Bertz CT molecular complexity index is 769. The predicted molar refractivity (Wildman–Crippen MR) is 69.1 cm³/mol. The summed E-state index contributed by atoms with van der Waals surface area (Å²) in [4.78, 5) is 10.4. The number of thiophene rings is 1. The number of primary sulfonamides is 1. The predicted octanol–water partition coefficient (Wildman–Crippen LogP) is 2.03. The zero-order valence-corrected chi connectivity index (χ0v) is 11.4. The van der Waals surface area contributed by atoms with Gasteiger partial charge in [-0.05, 0) is 18.2 Å². The number of rotatable bonds is 4. The first-order valence-electron chi connectivity index (χ1n) is 5.09. The number of benzene rings is 1. The van der Waals surface area contributed by atoms with E-state index in [0.717, 1.165) is 29.5 Å². The number of carbonyl (C=O) groups is 1. The number of carboxylic acid groups (broad SMARTS) is 1. The van der Waals surface area contributed by atoms with Crippen LogP contribution in [0.25, 0.3) is 0 Å². The molecule has 0 aliphatic heterocycles. The lowest BCUT2D eigenvalue weighted by molar-refractivity contribution is 0.0702. The van der Waals surface area contributed by atoms with E-state index in [1.807, 2.05) is 0 Å². The van der Waals surface area contributed by atoms with Gasteiger partial charge in [0.15, 0.2) is 11.6 Å². The van der Waals surface area contributed by atoms with Crippen molar-refractivity contribution in [3.8, 4) is 11.5 Å². The average molecular weight is 317 g/mol. The molecule has 106 valence electrons. The van der Waals surface area contributed by atoms with E-state index in [0.29, 0.717) is 0 Å². The summed E-state index contributed by atoms with van der Waals surface area (Å²) < 4.78 is 40.9. The Morgan fingerprint density at radius 1 is 1.35 bits per heavy atom. The number of sulfonamides is 1. The van der Waals surface area contributed by atoms with Crippen LogP contribution in [0.2, 0.25) is 0 Å². The zero-order valence-electron chi connectivity index (χ0n) is 9.74. The number of nitrogens with two attached hydrogens (primary N) is 1. The molecular weight excluding hydrogens is 309 g/mol. The molecule has 2 rings (SSSR count). The lowest BCUT2D eigenvalue weighted by Crippen LogP contribution is -2.12. The second-order valence-corrected chi connectivity index (χ2v) is 6.16. The van der Waals surface area contributed by atoms with Crippen molar-refractivity contribution in [2.75, 3.05) is 0 Å². The molecule has 0 saturated heterocycles. The topological polar surface area (TPSA) is 107 Å². The van der Waals surface area contributed by atoms with Crippen LogP contribution in [0, 0.1) is 5.82 Å². The van der Waals surface area contributed by atoms with Gasteiger partial charge < -0.3 is 9.84 Å². The summed E-state index contributed by atoms with van der Waals surface area (Å²) in [5, 5.41) is 15.0. The van der Waals surface area contributed by atoms with Crippen molar-refractivity contribution in [3.63, 3.8) is 0 Å². The highest BCUT2D eigenvalue weighted by molar-refractivity contribution is 7.89. The number of halogens is 1. The fraction of sp³-hybridized carbons (Fsp3) is 0. The molecule has 0 radical (unpaired) electrons. The second kappa shape index (κ2) is 5.19. The van der Waals surface area contributed by atoms with Gasteiger partial charge in [-0.15, -0.1) is 11.3 Å². The van der Waals surface area contributed by atoms with Crippen LogP contribution in [0.1, 0.15) is 9.67 Å². The molecule has 9 heteroatoms. The minimum Gasteiger partial charge on any atom is -0.477 e. The molecule has 1 aromatic carbocycles. The van der Waals surface area contributed by atoms with Gasteiger partial charge >= 0.3 is 5.97 Å². The van der Waals surface area contributed by atoms with E-state index in [2.05, 4.69) is 0 Å². The van der Waals surface area contributed by atoms with E-state index in [1.165, 1.54) is 11.4 Å². The summed E-state index contributed by atoms with van der Waals surface area (Å²) in [5.74, 6) is -2.11. The van der Waals surface area contributed by atoms with Crippen LogP contribution in [0.3, 0.4) is 0 Å². The molecule has 0 atom stereocenters. The Morgan fingerprint density at radius 2 is 2.05 bits per heavy atom. The number of ether oxygens (including phenoxy) is 1. The summed E-state index contributed by atoms with van der Waals surface area (Å²) in [6.07, 6.45) is 0. The van der Waals surface area contributed by atoms with Crippen molar-refractivity contribution in [2.45, 2.75) is 4.90 Å². The van der Waals surface area contributed by atoms with Gasteiger partial charge in [-0.3, -0.25) is 0 Å². The SMILES string of the molecule is NS(=O)(=O)c1ccc(Oc2csc(C(=O)O)c2)c(F)c1. The van der Waals surface area contributed by atoms with Crippen LogP contribution >= 0.6 is 11.3 Å². The Labute approximate surface area is 117 Å². The first-order valence-corrected chi connectivity index (χ1v) is 7.52. The molecule has 2 aromatic rings. The van der Waals surface area contributed by atoms with E-state index in [1.54, 1.807) is 0 Å².